The van der Waals surface area contributed by atoms with Crippen molar-refractivity contribution < 1.29 is 80.2 Å². The number of aliphatic hydroxyl groups excluding tert-OH is 1. The molecule has 80 heavy (non-hydrogen) atoms. The monoisotopic (exact) mass is 1180 g/mol. The minimum atomic E-state index is -4.94. The first-order valence-corrected chi connectivity index (χ1v) is 35.1. The molecule has 0 saturated carbocycles. The molecular formula is C61H118O17P2. The number of hydrogen-bond acceptors (Lipinski definition) is 15. The van der Waals surface area contributed by atoms with Crippen LogP contribution in [0.3, 0.4) is 0 Å². The Balaban J connectivity index is 5.22. The normalized spacial score (nSPS) is 14.3. The van der Waals surface area contributed by atoms with Crippen molar-refractivity contribution in [3.63, 3.8) is 0 Å². The highest BCUT2D eigenvalue weighted by Crippen LogP contribution is 2.45. The van der Waals surface area contributed by atoms with Crippen molar-refractivity contribution in [2.75, 3.05) is 39.6 Å². The predicted molar refractivity (Wildman–Crippen MR) is 317 cm³/mol. The first-order valence-electron chi connectivity index (χ1n) is 32.1. The molecule has 0 aromatic heterocycles. The molecule has 2 unspecified atom stereocenters. The Morgan fingerprint density at radius 3 is 0.850 bits per heavy atom. The highest BCUT2D eigenvalue weighted by molar-refractivity contribution is 7.47. The van der Waals surface area contributed by atoms with Gasteiger partial charge < -0.3 is 33.8 Å². The van der Waals surface area contributed by atoms with Crippen LogP contribution in [0.15, 0.2) is 0 Å². The van der Waals surface area contributed by atoms with Gasteiger partial charge in [-0.15, -0.1) is 0 Å². The molecule has 0 aliphatic carbocycles. The van der Waals surface area contributed by atoms with Crippen molar-refractivity contribution in [2.45, 2.75) is 323 Å². The molecule has 0 saturated heterocycles. The number of carbonyl (C=O) groups excluding carboxylic acids is 4. The quantitative estimate of drug-likeness (QED) is 0.0222. The molecule has 0 rings (SSSR count). The van der Waals surface area contributed by atoms with E-state index in [1.807, 2.05) is 0 Å². The number of unbranched alkanes of at least 4 members (excludes halogenated alkanes) is 33. The fourth-order valence-electron chi connectivity index (χ4n) is 9.05. The Morgan fingerprint density at radius 2 is 0.575 bits per heavy atom. The lowest BCUT2D eigenvalue weighted by Gasteiger charge is -2.21. The zero-order valence-corrected chi connectivity index (χ0v) is 53.0. The summed E-state index contributed by atoms with van der Waals surface area (Å²) < 4.78 is 67.8. The fraction of sp³-hybridized carbons (Fsp3) is 0.934. The maximum atomic E-state index is 12.9. The zero-order chi connectivity index (χ0) is 59.2. The van der Waals surface area contributed by atoms with Crippen LogP contribution in [0.1, 0.15) is 304 Å². The third-order valence-corrected chi connectivity index (χ3v) is 15.9. The van der Waals surface area contributed by atoms with Crippen LogP contribution >= 0.6 is 15.6 Å². The standard InChI is InChI=1S/C61H118O17P2/c1-6-9-12-15-18-21-23-24-27-30-36-41-46-60(65)77-56(50-72-59(64)45-40-35-29-26-22-19-16-13-10-7-2)52-75-79(67,68)73-48-55(62)49-74-80(69,70)76-53-57(78-61(66)47-42-37-32-31-33-38-43-54(4)5)51-71-58(63)44-39-34-28-25-20-17-14-11-8-3/h54-57,62H,6-53H2,1-5H3,(H,67,68)(H,69,70)/t55-,56-,57-/m1/s1. The lowest BCUT2D eigenvalue weighted by atomic mass is 10.0. The van der Waals surface area contributed by atoms with Crippen molar-refractivity contribution in [1.82, 2.24) is 0 Å². The van der Waals surface area contributed by atoms with Gasteiger partial charge in [0, 0.05) is 25.7 Å². The van der Waals surface area contributed by atoms with Gasteiger partial charge in [-0.1, -0.05) is 253 Å². The van der Waals surface area contributed by atoms with Crippen molar-refractivity contribution >= 4 is 39.5 Å². The second-order valence-electron chi connectivity index (χ2n) is 22.6. The van der Waals surface area contributed by atoms with E-state index in [2.05, 4.69) is 34.6 Å². The summed E-state index contributed by atoms with van der Waals surface area (Å²) >= 11 is 0. The molecule has 0 spiro atoms. The number of carbonyl (C=O) groups is 4. The highest BCUT2D eigenvalue weighted by atomic mass is 31.2. The van der Waals surface area contributed by atoms with Gasteiger partial charge in [0.15, 0.2) is 12.2 Å². The number of aliphatic hydroxyl groups is 1. The van der Waals surface area contributed by atoms with Gasteiger partial charge in [-0.3, -0.25) is 37.3 Å². The van der Waals surface area contributed by atoms with E-state index in [-0.39, 0.29) is 25.7 Å². The van der Waals surface area contributed by atoms with Crippen LogP contribution in [0.5, 0.6) is 0 Å². The topological polar surface area (TPSA) is 237 Å². The summed E-state index contributed by atoms with van der Waals surface area (Å²) in [5, 5.41) is 10.5. The highest BCUT2D eigenvalue weighted by Gasteiger charge is 2.30. The van der Waals surface area contributed by atoms with Crippen molar-refractivity contribution in [1.29, 1.82) is 0 Å². The molecular weight excluding hydrogens is 1070 g/mol. The van der Waals surface area contributed by atoms with Gasteiger partial charge in [-0.05, 0) is 31.6 Å². The molecule has 0 aromatic rings. The summed E-state index contributed by atoms with van der Waals surface area (Å²) in [6, 6.07) is 0. The molecule has 0 bridgehead atoms. The van der Waals surface area contributed by atoms with E-state index < -0.39 is 97.5 Å². The Labute approximate surface area is 486 Å². The largest absolute Gasteiger partial charge is 0.472 e. The lowest BCUT2D eigenvalue weighted by Crippen LogP contribution is -2.30. The van der Waals surface area contributed by atoms with Gasteiger partial charge in [0.1, 0.15) is 19.3 Å². The number of phosphoric ester groups is 2. The second kappa shape index (κ2) is 55.0. The van der Waals surface area contributed by atoms with Crippen LogP contribution in [-0.2, 0) is 65.4 Å². The number of ether oxygens (including phenoxy) is 4. The first kappa shape index (κ1) is 78.1. The SMILES string of the molecule is CCCCCCCCCCCCCCC(=O)O[C@H](COC(=O)CCCCCCCCCCCC)COP(=O)(O)OC[C@@H](O)COP(=O)(O)OC[C@@H](COC(=O)CCCCCCCCCCC)OC(=O)CCCCCCCCC(C)C. The van der Waals surface area contributed by atoms with Crippen LogP contribution in [0.4, 0.5) is 0 Å². The van der Waals surface area contributed by atoms with E-state index in [1.54, 1.807) is 0 Å². The van der Waals surface area contributed by atoms with Gasteiger partial charge in [-0.2, -0.15) is 0 Å². The molecule has 0 amide bonds. The molecule has 474 valence electrons. The summed E-state index contributed by atoms with van der Waals surface area (Å²) in [7, 11) is -9.88. The second-order valence-corrected chi connectivity index (χ2v) is 25.5. The lowest BCUT2D eigenvalue weighted by molar-refractivity contribution is -0.161. The fourth-order valence-corrected chi connectivity index (χ4v) is 10.6. The maximum Gasteiger partial charge on any atom is 0.472 e. The maximum absolute atomic E-state index is 12.9. The average molecular weight is 1190 g/mol. The molecule has 0 heterocycles. The van der Waals surface area contributed by atoms with Crippen LogP contribution in [0.25, 0.3) is 0 Å². The third kappa shape index (κ3) is 55.3. The van der Waals surface area contributed by atoms with Crippen molar-refractivity contribution in [3.8, 4) is 0 Å². The average Bonchev–Trinajstić information content (AvgIpc) is 3.42. The van der Waals surface area contributed by atoms with Gasteiger partial charge in [-0.25, -0.2) is 9.13 Å². The molecule has 0 aliphatic heterocycles. The molecule has 0 radical (unpaired) electrons. The molecule has 17 nitrogen and oxygen atoms in total. The number of rotatable bonds is 61. The molecule has 0 fully saturated rings. The number of phosphoric acid groups is 2. The van der Waals surface area contributed by atoms with Crippen LogP contribution in [0.2, 0.25) is 0 Å². The minimum Gasteiger partial charge on any atom is -0.462 e. The molecule has 19 heteroatoms. The summed E-state index contributed by atoms with van der Waals surface area (Å²) in [5.41, 5.74) is 0. The van der Waals surface area contributed by atoms with E-state index in [4.69, 9.17) is 37.0 Å². The molecule has 5 atom stereocenters. The number of hydrogen-bond donors (Lipinski definition) is 3. The van der Waals surface area contributed by atoms with Gasteiger partial charge >= 0.3 is 39.5 Å². The summed E-state index contributed by atoms with van der Waals surface area (Å²) in [5.74, 6) is -1.47. The third-order valence-electron chi connectivity index (χ3n) is 14.0. The van der Waals surface area contributed by atoms with Crippen LogP contribution in [0, 0.1) is 5.92 Å². The van der Waals surface area contributed by atoms with E-state index in [1.165, 1.54) is 128 Å². The van der Waals surface area contributed by atoms with Crippen molar-refractivity contribution in [2.24, 2.45) is 5.92 Å². The Morgan fingerprint density at radius 1 is 0.338 bits per heavy atom. The van der Waals surface area contributed by atoms with E-state index in [0.29, 0.717) is 31.6 Å². The smallest absolute Gasteiger partial charge is 0.462 e. The van der Waals surface area contributed by atoms with Crippen LogP contribution < -0.4 is 0 Å². The molecule has 0 aliphatic rings. The Hall–Kier alpha value is -1.94. The summed E-state index contributed by atoms with van der Waals surface area (Å²) in [6.07, 6.45) is 37.6. The van der Waals surface area contributed by atoms with E-state index >= 15 is 0 Å². The van der Waals surface area contributed by atoms with E-state index in [0.717, 1.165) is 89.9 Å². The zero-order valence-electron chi connectivity index (χ0n) is 51.2. The van der Waals surface area contributed by atoms with Gasteiger partial charge in [0.2, 0.25) is 0 Å². The minimum absolute atomic E-state index is 0.102. The Kier molecular flexibility index (Phi) is 53.6. The number of esters is 4. The summed E-state index contributed by atoms with van der Waals surface area (Å²) in [4.78, 5) is 72.0. The van der Waals surface area contributed by atoms with E-state index in [9.17, 15) is 43.2 Å². The summed E-state index contributed by atoms with van der Waals surface area (Å²) in [6.45, 7) is 7.06. The first-order chi connectivity index (χ1) is 38.5. The van der Waals surface area contributed by atoms with Crippen LogP contribution in [-0.4, -0.2) is 96.7 Å². The predicted octanol–water partition coefficient (Wildman–Crippen LogP) is 16.6. The molecule has 0 aromatic carbocycles. The van der Waals surface area contributed by atoms with Crippen molar-refractivity contribution in [3.05, 3.63) is 0 Å². The van der Waals surface area contributed by atoms with Gasteiger partial charge in [0.05, 0.1) is 26.4 Å². The molecule has 3 N–H and O–H groups in total. The van der Waals surface area contributed by atoms with Gasteiger partial charge in [0.25, 0.3) is 0 Å². The Bertz CT molecular complexity index is 1570.